The van der Waals surface area contributed by atoms with Gasteiger partial charge >= 0.3 is 11.9 Å². The largest absolute Gasteiger partial charge is 0.478 e. The number of amidine groups is 1. The van der Waals surface area contributed by atoms with Crippen molar-refractivity contribution in [3.63, 3.8) is 0 Å². The highest BCUT2D eigenvalue weighted by molar-refractivity contribution is 6.30. The van der Waals surface area contributed by atoms with Gasteiger partial charge in [0.05, 0.1) is 5.57 Å². The SMILES string of the molecule is O=C(O)/C=C(\C(=O)O)C1CN2CC(c3ccc(Cl)cc3)c3ccccc3C2=N1. The predicted molar refractivity (Wildman–Crippen MR) is 105 cm³/mol. The molecule has 2 aliphatic heterocycles. The Kier molecular flexibility index (Phi) is 4.65. The number of fused-ring (bicyclic) bond motifs is 3. The number of carbonyl (C=O) groups is 2. The number of carboxylic acid groups (broad SMARTS) is 2. The highest BCUT2D eigenvalue weighted by Gasteiger charge is 2.38. The summed E-state index contributed by atoms with van der Waals surface area (Å²) < 4.78 is 0. The van der Waals surface area contributed by atoms with Crippen molar-refractivity contribution in [2.45, 2.75) is 12.0 Å². The molecule has 0 radical (unpaired) electrons. The molecule has 0 bridgehead atoms. The molecule has 0 saturated carbocycles. The third-order valence-electron chi connectivity index (χ3n) is 5.11. The molecule has 2 aromatic rings. The quantitative estimate of drug-likeness (QED) is 0.775. The zero-order valence-corrected chi connectivity index (χ0v) is 15.5. The third-order valence-corrected chi connectivity index (χ3v) is 5.36. The van der Waals surface area contributed by atoms with Crippen LogP contribution < -0.4 is 0 Å². The van der Waals surface area contributed by atoms with Crippen LogP contribution in [-0.2, 0) is 9.59 Å². The molecule has 0 fully saturated rings. The first-order valence-corrected chi connectivity index (χ1v) is 9.17. The fourth-order valence-electron chi connectivity index (χ4n) is 3.87. The molecule has 2 aliphatic rings. The van der Waals surface area contributed by atoms with Gasteiger partial charge < -0.3 is 15.1 Å². The van der Waals surface area contributed by atoms with Crippen LogP contribution in [0.5, 0.6) is 0 Å². The molecule has 7 heteroatoms. The normalized spacial score (nSPS) is 21.0. The van der Waals surface area contributed by atoms with Crippen LogP contribution in [0, 0.1) is 0 Å². The number of aliphatic carboxylic acids is 2. The van der Waals surface area contributed by atoms with E-state index < -0.39 is 18.0 Å². The smallest absolute Gasteiger partial charge is 0.334 e. The Morgan fingerprint density at radius 2 is 1.79 bits per heavy atom. The average molecular weight is 397 g/mol. The molecule has 0 amide bonds. The fourth-order valence-corrected chi connectivity index (χ4v) is 4.00. The second kappa shape index (κ2) is 7.13. The van der Waals surface area contributed by atoms with Crippen molar-refractivity contribution in [3.8, 4) is 0 Å². The van der Waals surface area contributed by atoms with Gasteiger partial charge in [0.25, 0.3) is 0 Å². The molecule has 6 nitrogen and oxygen atoms in total. The first-order valence-electron chi connectivity index (χ1n) is 8.79. The van der Waals surface area contributed by atoms with Gasteiger partial charge in [0.1, 0.15) is 11.9 Å². The molecule has 2 unspecified atom stereocenters. The molecule has 0 spiro atoms. The molecule has 2 aromatic carbocycles. The van der Waals surface area contributed by atoms with E-state index in [1.165, 1.54) is 0 Å². The van der Waals surface area contributed by atoms with Crippen LogP contribution >= 0.6 is 11.6 Å². The Labute approximate surface area is 166 Å². The predicted octanol–water partition coefficient (Wildman–Crippen LogP) is 3.01. The average Bonchev–Trinajstić information content (AvgIpc) is 3.10. The van der Waals surface area contributed by atoms with Gasteiger partial charge in [-0.25, -0.2) is 9.59 Å². The number of hydrogen-bond donors (Lipinski definition) is 2. The van der Waals surface area contributed by atoms with E-state index in [4.69, 9.17) is 16.7 Å². The Morgan fingerprint density at radius 1 is 1.07 bits per heavy atom. The van der Waals surface area contributed by atoms with Crippen LogP contribution in [0.4, 0.5) is 0 Å². The van der Waals surface area contributed by atoms with Crippen molar-refractivity contribution < 1.29 is 19.8 Å². The van der Waals surface area contributed by atoms with Gasteiger partial charge in [-0.15, -0.1) is 0 Å². The van der Waals surface area contributed by atoms with Gasteiger partial charge in [-0.1, -0.05) is 48.0 Å². The number of rotatable bonds is 4. The van der Waals surface area contributed by atoms with E-state index in [0.717, 1.165) is 22.8 Å². The minimum Gasteiger partial charge on any atom is -0.478 e. The van der Waals surface area contributed by atoms with E-state index >= 15 is 0 Å². The maximum atomic E-state index is 11.6. The number of hydrogen-bond acceptors (Lipinski definition) is 4. The van der Waals surface area contributed by atoms with Crippen molar-refractivity contribution in [2.24, 2.45) is 4.99 Å². The summed E-state index contributed by atoms with van der Waals surface area (Å²) in [6, 6.07) is 14.9. The number of nitrogens with zero attached hydrogens (tertiary/aromatic N) is 2. The highest BCUT2D eigenvalue weighted by Crippen LogP contribution is 2.37. The fraction of sp³-hybridized carbons (Fsp3) is 0.190. The van der Waals surface area contributed by atoms with Crippen LogP contribution in [0.3, 0.4) is 0 Å². The molecule has 0 saturated heterocycles. The lowest BCUT2D eigenvalue weighted by molar-refractivity contribution is -0.135. The van der Waals surface area contributed by atoms with Crippen molar-refractivity contribution in [1.82, 2.24) is 4.90 Å². The van der Waals surface area contributed by atoms with E-state index in [2.05, 4.69) is 4.99 Å². The van der Waals surface area contributed by atoms with E-state index in [9.17, 15) is 14.7 Å². The van der Waals surface area contributed by atoms with Crippen LogP contribution in [-0.4, -0.2) is 52.0 Å². The lowest BCUT2D eigenvalue weighted by atomic mass is 9.84. The highest BCUT2D eigenvalue weighted by atomic mass is 35.5. The number of aliphatic imine (C=N–C) groups is 1. The molecular weight excluding hydrogens is 380 g/mol. The molecule has 4 rings (SSSR count). The van der Waals surface area contributed by atoms with Crippen molar-refractivity contribution in [2.75, 3.05) is 13.1 Å². The summed E-state index contributed by atoms with van der Waals surface area (Å²) in [6.45, 7) is 0.965. The topological polar surface area (TPSA) is 90.2 Å². The molecule has 28 heavy (non-hydrogen) atoms. The molecular formula is C21H17ClN2O4. The lowest BCUT2D eigenvalue weighted by Crippen LogP contribution is -2.39. The Balaban J connectivity index is 1.75. The van der Waals surface area contributed by atoms with Crippen LogP contribution in [0.1, 0.15) is 22.6 Å². The van der Waals surface area contributed by atoms with Crippen molar-refractivity contribution in [3.05, 3.63) is 81.9 Å². The maximum Gasteiger partial charge on any atom is 0.334 e. The molecule has 0 aliphatic carbocycles. The Morgan fingerprint density at radius 3 is 2.46 bits per heavy atom. The van der Waals surface area contributed by atoms with E-state index in [-0.39, 0.29) is 11.5 Å². The van der Waals surface area contributed by atoms with E-state index in [0.29, 0.717) is 23.9 Å². The van der Waals surface area contributed by atoms with Gasteiger partial charge in [0.15, 0.2) is 0 Å². The summed E-state index contributed by atoms with van der Waals surface area (Å²) in [5.74, 6) is -1.76. The van der Waals surface area contributed by atoms with Crippen LogP contribution in [0.15, 0.2) is 65.2 Å². The molecule has 2 N–H and O–H groups in total. The number of carboxylic acids is 2. The first kappa shape index (κ1) is 18.3. The summed E-state index contributed by atoms with van der Waals surface area (Å²) in [5, 5.41) is 19.1. The monoisotopic (exact) mass is 396 g/mol. The molecule has 2 heterocycles. The zero-order chi connectivity index (χ0) is 19.8. The third kappa shape index (κ3) is 3.27. The van der Waals surface area contributed by atoms with Gasteiger partial charge in [-0.3, -0.25) is 4.99 Å². The zero-order valence-electron chi connectivity index (χ0n) is 14.7. The molecule has 0 aromatic heterocycles. The number of halogens is 1. The van der Waals surface area contributed by atoms with Gasteiger partial charge in [0, 0.05) is 35.7 Å². The van der Waals surface area contributed by atoms with Gasteiger partial charge in [-0.05, 0) is 23.3 Å². The summed E-state index contributed by atoms with van der Waals surface area (Å²) in [6.07, 6.45) is 0.734. The van der Waals surface area contributed by atoms with Gasteiger partial charge in [0.2, 0.25) is 0 Å². The standard InChI is InChI=1S/C21H17ClN2O4/c22-13-7-5-12(6-8-13)17-10-24-11-18(16(21(27)28)9-19(25)26)23-20(24)15-4-2-1-3-14(15)17/h1-9,17-18H,10-11H2,(H,25,26)(H,27,28)/b16-9-. The van der Waals surface area contributed by atoms with Crippen LogP contribution in [0.25, 0.3) is 0 Å². The van der Waals surface area contributed by atoms with Crippen LogP contribution in [0.2, 0.25) is 5.02 Å². The molecule has 142 valence electrons. The summed E-state index contributed by atoms with van der Waals surface area (Å²) in [5.41, 5.74) is 2.95. The summed E-state index contributed by atoms with van der Waals surface area (Å²) >= 11 is 6.03. The minimum atomic E-state index is -1.29. The number of benzene rings is 2. The second-order valence-corrected chi connectivity index (χ2v) is 7.24. The summed E-state index contributed by atoms with van der Waals surface area (Å²) in [7, 11) is 0. The van der Waals surface area contributed by atoms with Crippen molar-refractivity contribution in [1.29, 1.82) is 0 Å². The Bertz CT molecular complexity index is 1010. The second-order valence-electron chi connectivity index (χ2n) is 6.81. The lowest BCUT2D eigenvalue weighted by Gasteiger charge is -2.34. The van der Waals surface area contributed by atoms with E-state index in [1.54, 1.807) is 0 Å². The summed E-state index contributed by atoms with van der Waals surface area (Å²) in [4.78, 5) is 29.2. The Hall–Kier alpha value is -3.12. The minimum absolute atomic E-state index is 0.0860. The van der Waals surface area contributed by atoms with E-state index in [1.807, 2.05) is 53.4 Å². The van der Waals surface area contributed by atoms with Crippen molar-refractivity contribution >= 4 is 29.4 Å². The van der Waals surface area contributed by atoms with Gasteiger partial charge in [-0.2, -0.15) is 0 Å². The first-order chi connectivity index (χ1) is 13.4. The maximum absolute atomic E-state index is 11.6. The molecule has 2 atom stereocenters.